The number of rotatable bonds is 6. The lowest BCUT2D eigenvalue weighted by atomic mass is 9.85. The van der Waals surface area contributed by atoms with Gasteiger partial charge in [-0.15, -0.1) is 5.10 Å². The molecule has 7 nitrogen and oxygen atoms in total. The molecule has 28 heavy (non-hydrogen) atoms. The molecule has 2 saturated heterocycles. The van der Waals surface area contributed by atoms with E-state index < -0.39 is 0 Å². The number of hydrogen-bond donors (Lipinski definition) is 1. The first kappa shape index (κ1) is 19.0. The Morgan fingerprint density at radius 3 is 2.79 bits per heavy atom. The van der Waals surface area contributed by atoms with Crippen molar-refractivity contribution >= 4 is 23.6 Å². The zero-order chi connectivity index (χ0) is 19.6. The number of amides is 2. The molecule has 8 heteroatoms. The van der Waals surface area contributed by atoms with E-state index in [0.717, 1.165) is 38.2 Å². The second-order valence-electron chi connectivity index (χ2n) is 7.62. The predicted octanol–water partition coefficient (Wildman–Crippen LogP) is 1.90. The van der Waals surface area contributed by atoms with Crippen molar-refractivity contribution in [3.05, 3.63) is 41.7 Å². The highest BCUT2D eigenvalue weighted by molar-refractivity contribution is 7.99. The van der Waals surface area contributed by atoms with Crippen molar-refractivity contribution in [1.29, 1.82) is 0 Å². The molecule has 1 unspecified atom stereocenters. The first-order valence-electron chi connectivity index (χ1n) is 9.69. The summed E-state index contributed by atoms with van der Waals surface area (Å²) in [7, 11) is 0. The van der Waals surface area contributed by atoms with Gasteiger partial charge in [-0.3, -0.25) is 14.7 Å². The minimum atomic E-state index is -0.377. The van der Waals surface area contributed by atoms with Crippen molar-refractivity contribution in [2.45, 2.75) is 31.3 Å². The smallest absolute Gasteiger partial charge is 0.233 e. The van der Waals surface area contributed by atoms with Crippen molar-refractivity contribution in [3.8, 4) is 0 Å². The minimum absolute atomic E-state index is 0.0554. The second kappa shape index (κ2) is 7.95. The molecule has 2 fully saturated rings. The maximum atomic E-state index is 13.1. The van der Waals surface area contributed by atoms with Crippen LogP contribution in [0, 0.1) is 12.3 Å². The number of nitrogens with one attached hydrogen (secondary N) is 1. The number of aromatic nitrogens is 3. The number of H-pyrrole nitrogens is 1. The average molecular weight is 400 g/mol. The topological polar surface area (TPSA) is 82.2 Å². The number of likely N-dealkylation sites (tertiary alicyclic amines) is 2. The summed E-state index contributed by atoms with van der Waals surface area (Å²) in [5.74, 6) is 1.32. The van der Waals surface area contributed by atoms with Crippen LogP contribution < -0.4 is 0 Å². The first-order valence-corrected chi connectivity index (χ1v) is 10.7. The third-order valence-electron chi connectivity index (χ3n) is 5.72. The molecule has 1 spiro atoms. The Balaban J connectivity index is 1.30. The number of nitrogens with zero attached hydrogens (tertiary/aromatic N) is 4. The maximum absolute atomic E-state index is 13.1. The van der Waals surface area contributed by atoms with Gasteiger partial charge in [0.25, 0.3) is 0 Å². The van der Waals surface area contributed by atoms with Crippen LogP contribution in [0.25, 0.3) is 0 Å². The zero-order valence-corrected chi connectivity index (χ0v) is 16.9. The van der Waals surface area contributed by atoms with Crippen LogP contribution in [-0.4, -0.2) is 68.7 Å². The fraction of sp³-hybridized carbons (Fsp3) is 0.500. The van der Waals surface area contributed by atoms with Crippen LogP contribution in [0.5, 0.6) is 0 Å². The number of carbonyl (C=O) groups is 2. The highest BCUT2D eigenvalue weighted by atomic mass is 32.2. The van der Waals surface area contributed by atoms with Gasteiger partial charge in [0.2, 0.25) is 17.0 Å². The molecule has 3 heterocycles. The molecule has 2 aliphatic rings. The lowest BCUT2D eigenvalue weighted by molar-refractivity contribution is -0.136. The van der Waals surface area contributed by atoms with E-state index in [2.05, 4.69) is 27.3 Å². The SMILES string of the molecule is Cc1nc(SCC(=O)N2CCC3(CCN(CCc4ccccc4)C3=O)C2)n[nH]1. The molecule has 1 atom stereocenters. The highest BCUT2D eigenvalue weighted by Crippen LogP contribution is 2.40. The Bertz CT molecular complexity index is 855. The molecule has 2 aromatic rings. The van der Waals surface area contributed by atoms with Gasteiger partial charge in [0.05, 0.1) is 11.2 Å². The van der Waals surface area contributed by atoms with Gasteiger partial charge in [-0.2, -0.15) is 0 Å². The largest absolute Gasteiger partial charge is 0.342 e. The Kier molecular flexibility index (Phi) is 5.39. The number of carbonyl (C=O) groups excluding carboxylic acids is 2. The van der Waals surface area contributed by atoms with E-state index in [9.17, 15) is 9.59 Å². The van der Waals surface area contributed by atoms with Crippen molar-refractivity contribution < 1.29 is 9.59 Å². The van der Waals surface area contributed by atoms with Crippen LogP contribution in [0.2, 0.25) is 0 Å². The summed E-state index contributed by atoms with van der Waals surface area (Å²) in [4.78, 5) is 33.7. The van der Waals surface area contributed by atoms with Gasteiger partial charge in [0.15, 0.2) is 0 Å². The summed E-state index contributed by atoms with van der Waals surface area (Å²) in [6.07, 6.45) is 2.49. The average Bonchev–Trinajstić information content (AvgIpc) is 3.41. The van der Waals surface area contributed by atoms with Crippen LogP contribution >= 0.6 is 11.8 Å². The summed E-state index contributed by atoms with van der Waals surface area (Å²) in [5, 5.41) is 7.41. The molecule has 0 bridgehead atoms. The van der Waals surface area contributed by atoms with E-state index in [1.807, 2.05) is 34.9 Å². The van der Waals surface area contributed by atoms with Crippen molar-refractivity contribution in [2.24, 2.45) is 5.41 Å². The maximum Gasteiger partial charge on any atom is 0.233 e. The normalized spacial score (nSPS) is 21.8. The first-order chi connectivity index (χ1) is 13.6. The summed E-state index contributed by atoms with van der Waals surface area (Å²) in [6, 6.07) is 10.3. The number of aromatic amines is 1. The van der Waals surface area contributed by atoms with E-state index in [-0.39, 0.29) is 17.2 Å². The lowest BCUT2D eigenvalue weighted by Crippen LogP contribution is -2.39. The molecule has 2 aliphatic heterocycles. The molecular weight excluding hydrogens is 374 g/mol. The van der Waals surface area contributed by atoms with Gasteiger partial charge in [0, 0.05) is 26.2 Å². The van der Waals surface area contributed by atoms with Gasteiger partial charge in [-0.1, -0.05) is 42.1 Å². The number of thioether (sulfide) groups is 1. The second-order valence-corrected chi connectivity index (χ2v) is 8.56. The summed E-state index contributed by atoms with van der Waals surface area (Å²) < 4.78 is 0. The van der Waals surface area contributed by atoms with Crippen LogP contribution in [0.1, 0.15) is 24.2 Å². The Labute approximate surface area is 168 Å². The van der Waals surface area contributed by atoms with Gasteiger partial charge in [0.1, 0.15) is 5.82 Å². The highest BCUT2D eigenvalue weighted by Gasteiger charge is 2.51. The quantitative estimate of drug-likeness (QED) is 0.750. The lowest BCUT2D eigenvalue weighted by Gasteiger charge is -2.23. The fourth-order valence-electron chi connectivity index (χ4n) is 4.08. The fourth-order valence-corrected chi connectivity index (χ4v) is 4.83. The molecule has 4 rings (SSSR count). The number of hydrogen-bond acceptors (Lipinski definition) is 5. The monoisotopic (exact) mass is 399 g/mol. The predicted molar refractivity (Wildman–Crippen MR) is 107 cm³/mol. The molecular formula is C20H25N5O2S. The number of benzene rings is 1. The van der Waals surface area contributed by atoms with E-state index in [1.165, 1.54) is 17.3 Å². The van der Waals surface area contributed by atoms with Crippen molar-refractivity contribution in [1.82, 2.24) is 25.0 Å². The molecule has 0 saturated carbocycles. The molecule has 1 aromatic heterocycles. The van der Waals surface area contributed by atoms with E-state index in [0.29, 0.717) is 24.0 Å². The number of aryl methyl sites for hydroxylation is 1. The minimum Gasteiger partial charge on any atom is -0.342 e. The van der Waals surface area contributed by atoms with Gasteiger partial charge >= 0.3 is 0 Å². The standard InChI is InChI=1S/C20H25N5O2S/c1-15-21-19(23-22-15)28-13-17(26)25-12-9-20(14-25)8-11-24(18(20)27)10-7-16-5-3-2-4-6-16/h2-6H,7-14H2,1H3,(H,21,22,23). The third-order valence-corrected chi connectivity index (χ3v) is 6.55. The summed E-state index contributed by atoms with van der Waals surface area (Å²) in [6.45, 7) is 4.57. The van der Waals surface area contributed by atoms with Crippen molar-refractivity contribution in [3.63, 3.8) is 0 Å². The molecule has 0 radical (unpaired) electrons. The van der Waals surface area contributed by atoms with Crippen LogP contribution in [0.4, 0.5) is 0 Å². The van der Waals surface area contributed by atoms with E-state index in [4.69, 9.17) is 0 Å². The van der Waals surface area contributed by atoms with Crippen molar-refractivity contribution in [2.75, 3.05) is 31.9 Å². The van der Waals surface area contributed by atoms with Gasteiger partial charge < -0.3 is 9.80 Å². The third kappa shape index (κ3) is 3.92. The Morgan fingerprint density at radius 1 is 1.25 bits per heavy atom. The van der Waals surface area contributed by atoms with Gasteiger partial charge in [-0.05, 0) is 31.7 Å². The Morgan fingerprint density at radius 2 is 2.04 bits per heavy atom. The molecule has 1 aromatic carbocycles. The summed E-state index contributed by atoms with van der Waals surface area (Å²) in [5.41, 5.74) is 0.872. The molecule has 148 valence electrons. The van der Waals surface area contributed by atoms with E-state index in [1.54, 1.807) is 0 Å². The zero-order valence-electron chi connectivity index (χ0n) is 16.1. The molecule has 1 N–H and O–H groups in total. The van der Waals surface area contributed by atoms with Crippen LogP contribution in [0.15, 0.2) is 35.5 Å². The van der Waals surface area contributed by atoms with Gasteiger partial charge in [-0.25, -0.2) is 4.98 Å². The van der Waals surface area contributed by atoms with E-state index >= 15 is 0 Å². The molecule has 2 amide bonds. The Hall–Kier alpha value is -2.35. The van der Waals surface area contributed by atoms with Crippen LogP contribution in [0.3, 0.4) is 0 Å². The summed E-state index contributed by atoms with van der Waals surface area (Å²) >= 11 is 1.33. The molecule has 0 aliphatic carbocycles. The van der Waals surface area contributed by atoms with Crippen LogP contribution in [-0.2, 0) is 16.0 Å².